The maximum Gasteiger partial charge on any atom is 0.416 e. The van der Waals surface area contributed by atoms with Crippen LogP contribution in [-0.4, -0.2) is 16.8 Å². The number of aryl methyl sites for hydroxylation is 1. The molecule has 0 aliphatic heterocycles. The van der Waals surface area contributed by atoms with Crippen LogP contribution in [0.15, 0.2) is 36.5 Å². The van der Waals surface area contributed by atoms with Gasteiger partial charge in [0.05, 0.1) is 17.3 Å². The number of rotatable bonds is 3. The molecule has 1 heterocycles. The lowest BCUT2D eigenvalue weighted by molar-refractivity contribution is -0.138. The third kappa shape index (κ3) is 2.78. The van der Waals surface area contributed by atoms with Crippen LogP contribution in [0.3, 0.4) is 0 Å². The highest BCUT2D eigenvalue weighted by atomic mass is 19.4. The molecule has 1 atom stereocenters. The lowest BCUT2D eigenvalue weighted by Crippen LogP contribution is -2.22. The van der Waals surface area contributed by atoms with Gasteiger partial charge < -0.3 is 5.32 Å². The lowest BCUT2D eigenvalue weighted by Gasteiger charge is -2.19. The number of hydrogen-bond acceptors (Lipinski definition) is 2. The van der Waals surface area contributed by atoms with Crippen molar-refractivity contribution in [2.24, 2.45) is 7.05 Å². The fourth-order valence-corrected chi connectivity index (χ4v) is 2.06. The molecule has 0 radical (unpaired) electrons. The first kappa shape index (κ1) is 13.6. The van der Waals surface area contributed by atoms with E-state index in [1.807, 2.05) is 0 Å². The van der Waals surface area contributed by atoms with Crippen LogP contribution in [0, 0.1) is 0 Å². The zero-order valence-corrected chi connectivity index (χ0v) is 10.6. The Morgan fingerprint density at radius 2 is 1.89 bits per heavy atom. The highest BCUT2D eigenvalue weighted by Gasteiger charge is 2.35. The van der Waals surface area contributed by atoms with E-state index >= 15 is 0 Å². The van der Waals surface area contributed by atoms with E-state index in [1.165, 1.54) is 12.1 Å². The van der Waals surface area contributed by atoms with Crippen molar-refractivity contribution in [3.05, 3.63) is 53.3 Å². The second-order valence-corrected chi connectivity index (χ2v) is 4.22. The summed E-state index contributed by atoms with van der Waals surface area (Å²) in [7, 11) is 3.35. The van der Waals surface area contributed by atoms with E-state index in [9.17, 15) is 13.2 Å². The highest BCUT2D eigenvalue weighted by molar-refractivity contribution is 5.36. The summed E-state index contributed by atoms with van der Waals surface area (Å²) >= 11 is 0. The molecule has 0 amide bonds. The molecule has 0 saturated heterocycles. The average Bonchev–Trinajstić information content (AvgIpc) is 2.76. The molecule has 102 valence electrons. The van der Waals surface area contributed by atoms with E-state index in [2.05, 4.69) is 10.4 Å². The minimum atomic E-state index is -4.37. The summed E-state index contributed by atoms with van der Waals surface area (Å²) in [6.45, 7) is 0. The number of aromatic nitrogens is 2. The highest BCUT2D eigenvalue weighted by Crippen LogP contribution is 2.35. The Hall–Kier alpha value is -1.82. The number of alkyl halides is 3. The predicted molar refractivity (Wildman–Crippen MR) is 65.6 cm³/mol. The molecule has 2 aromatic rings. The third-order valence-corrected chi connectivity index (χ3v) is 2.90. The van der Waals surface area contributed by atoms with Crippen molar-refractivity contribution in [3.8, 4) is 0 Å². The molecular formula is C13H14F3N3. The van der Waals surface area contributed by atoms with E-state index in [-0.39, 0.29) is 5.56 Å². The number of benzene rings is 1. The first-order valence-electron chi connectivity index (χ1n) is 5.76. The smallest absolute Gasteiger partial charge is 0.308 e. The molecule has 1 aromatic heterocycles. The van der Waals surface area contributed by atoms with Crippen LogP contribution in [0.4, 0.5) is 13.2 Å². The molecule has 2 rings (SSSR count). The van der Waals surface area contributed by atoms with Crippen molar-refractivity contribution in [1.29, 1.82) is 0 Å². The van der Waals surface area contributed by atoms with E-state index in [4.69, 9.17) is 0 Å². The minimum Gasteiger partial charge on any atom is -0.308 e. The van der Waals surface area contributed by atoms with Crippen LogP contribution in [0.2, 0.25) is 0 Å². The Kier molecular flexibility index (Phi) is 3.61. The van der Waals surface area contributed by atoms with Crippen molar-refractivity contribution in [2.45, 2.75) is 12.2 Å². The molecule has 0 aliphatic rings. The molecule has 0 saturated carbocycles. The van der Waals surface area contributed by atoms with Crippen molar-refractivity contribution in [1.82, 2.24) is 15.1 Å². The second kappa shape index (κ2) is 5.05. The molecule has 1 N–H and O–H groups in total. The number of nitrogens with one attached hydrogen (secondary N) is 1. The van der Waals surface area contributed by atoms with Crippen LogP contribution in [-0.2, 0) is 13.2 Å². The van der Waals surface area contributed by atoms with Crippen molar-refractivity contribution >= 4 is 0 Å². The predicted octanol–water partition coefficient (Wildman–Crippen LogP) is 2.75. The topological polar surface area (TPSA) is 29.9 Å². The zero-order valence-electron chi connectivity index (χ0n) is 10.6. The maximum absolute atomic E-state index is 13.0. The van der Waals surface area contributed by atoms with Gasteiger partial charge in [-0.05, 0) is 24.7 Å². The van der Waals surface area contributed by atoms with Crippen LogP contribution >= 0.6 is 0 Å². The summed E-state index contributed by atoms with van der Waals surface area (Å²) in [5.74, 6) is 0. The first-order chi connectivity index (χ1) is 8.93. The average molecular weight is 269 g/mol. The van der Waals surface area contributed by atoms with Crippen molar-refractivity contribution in [3.63, 3.8) is 0 Å². The maximum atomic E-state index is 13.0. The largest absolute Gasteiger partial charge is 0.416 e. The zero-order chi connectivity index (χ0) is 14.0. The Labute approximate surface area is 109 Å². The summed E-state index contributed by atoms with van der Waals surface area (Å²) < 4.78 is 40.6. The van der Waals surface area contributed by atoms with E-state index in [0.29, 0.717) is 5.69 Å². The van der Waals surface area contributed by atoms with Crippen LogP contribution in [0.5, 0.6) is 0 Å². The molecule has 1 unspecified atom stereocenters. The molecule has 1 aromatic carbocycles. The SMILES string of the molecule is CNC(c1ccn(C)n1)c1ccccc1C(F)(F)F. The van der Waals surface area contributed by atoms with Crippen LogP contribution in [0.1, 0.15) is 22.9 Å². The molecule has 0 bridgehead atoms. The molecule has 0 fully saturated rings. The van der Waals surface area contributed by atoms with Gasteiger partial charge in [0.25, 0.3) is 0 Å². The Morgan fingerprint density at radius 1 is 1.21 bits per heavy atom. The monoisotopic (exact) mass is 269 g/mol. The van der Waals surface area contributed by atoms with Gasteiger partial charge in [-0.15, -0.1) is 0 Å². The van der Waals surface area contributed by atoms with Crippen molar-refractivity contribution in [2.75, 3.05) is 7.05 Å². The van der Waals surface area contributed by atoms with Gasteiger partial charge >= 0.3 is 6.18 Å². The lowest BCUT2D eigenvalue weighted by atomic mass is 9.98. The van der Waals surface area contributed by atoms with Gasteiger partial charge in [-0.1, -0.05) is 18.2 Å². The van der Waals surface area contributed by atoms with Crippen LogP contribution < -0.4 is 5.32 Å². The Bertz CT molecular complexity index is 560. The summed E-state index contributed by atoms with van der Waals surface area (Å²) in [6, 6.07) is 6.66. The molecule has 6 heteroatoms. The normalized spacial score (nSPS) is 13.5. The molecule has 3 nitrogen and oxygen atoms in total. The Morgan fingerprint density at radius 3 is 2.42 bits per heavy atom. The summed E-state index contributed by atoms with van der Waals surface area (Å²) in [5, 5.41) is 7.05. The van der Waals surface area contributed by atoms with Crippen LogP contribution in [0.25, 0.3) is 0 Å². The van der Waals surface area contributed by atoms with Gasteiger partial charge in [0.1, 0.15) is 0 Å². The number of nitrogens with zero attached hydrogens (tertiary/aromatic N) is 2. The van der Waals surface area contributed by atoms with Gasteiger partial charge in [-0.3, -0.25) is 4.68 Å². The third-order valence-electron chi connectivity index (χ3n) is 2.90. The van der Waals surface area contributed by atoms with Gasteiger partial charge in [-0.2, -0.15) is 18.3 Å². The first-order valence-corrected chi connectivity index (χ1v) is 5.76. The van der Waals surface area contributed by atoms with Gasteiger partial charge in [-0.25, -0.2) is 0 Å². The summed E-state index contributed by atoms with van der Waals surface area (Å²) in [5.41, 5.74) is 0.0953. The molecule has 0 spiro atoms. The minimum absolute atomic E-state index is 0.177. The number of halogens is 3. The van der Waals surface area contributed by atoms with E-state index < -0.39 is 17.8 Å². The molecule has 0 aliphatic carbocycles. The summed E-state index contributed by atoms with van der Waals surface area (Å²) in [6.07, 6.45) is -2.67. The quantitative estimate of drug-likeness (QED) is 0.928. The number of hydrogen-bond donors (Lipinski definition) is 1. The Balaban J connectivity index is 2.50. The molecule has 19 heavy (non-hydrogen) atoms. The van der Waals surface area contributed by atoms with E-state index in [1.54, 1.807) is 37.1 Å². The van der Waals surface area contributed by atoms with Crippen molar-refractivity contribution < 1.29 is 13.2 Å². The fourth-order valence-electron chi connectivity index (χ4n) is 2.06. The van der Waals surface area contributed by atoms with Gasteiger partial charge in [0.2, 0.25) is 0 Å². The van der Waals surface area contributed by atoms with E-state index in [0.717, 1.165) is 6.07 Å². The van der Waals surface area contributed by atoms with Gasteiger partial charge in [0, 0.05) is 13.2 Å². The second-order valence-electron chi connectivity index (χ2n) is 4.22. The molecular weight excluding hydrogens is 255 g/mol. The fraction of sp³-hybridized carbons (Fsp3) is 0.308. The summed E-state index contributed by atoms with van der Waals surface area (Å²) in [4.78, 5) is 0. The van der Waals surface area contributed by atoms with Gasteiger partial charge in [0.15, 0.2) is 0 Å². The standard InChI is InChI=1S/C13H14F3N3/c1-17-12(11-7-8-19(2)18-11)9-5-3-4-6-10(9)13(14,15)16/h3-8,12,17H,1-2H3.